The fraction of sp³-hybridized carbons (Fsp3) is 0.792. The number of hydrogen-bond donors (Lipinski definition) is 2. The Morgan fingerprint density at radius 2 is 1.72 bits per heavy atom. The molecule has 2 N–H and O–H groups in total. The van der Waals surface area contributed by atoms with Gasteiger partial charge in [0, 0.05) is 32.5 Å². The highest BCUT2D eigenvalue weighted by atomic mass is 16.5. The van der Waals surface area contributed by atoms with Crippen molar-refractivity contribution < 1.29 is 24.5 Å². The summed E-state index contributed by atoms with van der Waals surface area (Å²) in [7, 11) is 1.74. The molecule has 0 amide bonds. The van der Waals surface area contributed by atoms with Crippen LogP contribution in [-0.2, 0) is 14.3 Å². The molecule has 5 heteroatoms. The van der Waals surface area contributed by atoms with E-state index < -0.39 is 12.2 Å². The Bertz CT molecular complexity index is 486. The molecule has 4 atom stereocenters. The second-order valence-corrected chi connectivity index (χ2v) is 8.37. The number of aliphatic hydroxyl groups excluding tert-OH is 2. The number of allylic oxidation sites excluding steroid dienone is 3. The summed E-state index contributed by atoms with van der Waals surface area (Å²) in [6, 6.07) is 0. The molecule has 0 bridgehead atoms. The molecular weight excluding hydrogens is 368 g/mol. The van der Waals surface area contributed by atoms with Gasteiger partial charge in [0.25, 0.3) is 0 Å². The van der Waals surface area contributed by atoms with Crippen molar-refractivity contribution in [2.75, 3.05) is 13.7 Å². The number of aliphatic hydroxyl groups is 2. The minimum absolute atomic E-state index is 0.0177. The Kier molecular flexibility index (Phi) is 14.0. The summed E-state index contributed by atoms with van der Waals surface area (Å²) < 4.78 is 10.2. The van der Waals surface area contributed by atoms with Crippen LogP contribution in [0.25, 0.3) is 0 Å². The zero-order valence-corrected chi connectivity index (χ0v) is 18.6. The maximum absolute atomic E-state index is 11.5. The van der Waals surface area contributed by atoms with E-state index in [0.717, 1.165) is 45.1 Å². The minimum atomic E-state index is -0.466. The fourth-order valence-electron chi connectivity index (χ4n) is 3.88. The van der Waals surface area contributed by atoms with Crippen LogP contribution in [0.15, 0.2) is 24.3 Å². The molecular formula is C24H42O5. The SMILES string of the molecule is COCCCCCC/C=C/[C@@H]1C(C/C=C\CCCC(=O)OC(C)C)[C@@H](O)C[C@H]1O. The standard InChI is InChI=1S/C24H42O5/c1-19(2)29-24(27)16-12-8-7-11-15-21-20(22(25)18-23(21)26)14-10-6-4-5-9-13-17-28-3/h7,10-11,14,19-23,25-26H,4-6,8-9,12-13,15-18H2,1-3H3/b11-7-,14-10+/t20-,21?,22-,23+/m1/s1. The zero-order valence-electron chi connectivity index (χ0n) is 18.6. The number of carbonyl (C=O) groups is 1. The van der Waals surface area contributed by atoms with Gasteiger partial charge >= 0.3 is 5.97 Å². The van der Waals surface area contributed by atoms with Crippen LogP contribution in [0.1, 0.15) is 78.1 Å². The highest BCUT2D eigenvalue weighted by Crippen LogP contribution is 2.36. The molecule has 1 fully saturated rings. The van der Waals surface area contributed by atoms with E-state index in [1.165, 1.54) is 12.8 Å². The van der Waals surface area contributed by atoms with Crippen LogP contribution in [0.5, 0.6) is 0 Å². The predicted molar refractivity (Wildman–Crippen MR) is 117 cm³/mol. The van der Waals surface area contributed by atoms with Gasteiger partial charge in [-0.2, -0.15) is 0 Å². The molecule has 0 heterocycles. The van der Waals surface area contributed by atoms with Gasteiger partial charge in [-0.3, -0.25) is 4.79 Å². The largest absolute Gasteiger partial charge is 0.463 e. The van der Waals surface area contributed by atoms with Crippen LogP contribution < -0.4 is 0 Å². The van der Waals surface area contributed by atoms with Crippen molar-refractivity contribution in [3.8, 4) is 0 Å². The third-order valence-corrected chi connectivity index (χ3v) is 5.44. The van der Waals surface area contributed by atoms with E-state index in [-0.39, 0.29) is 23.9 Å². The predicted octanol–water partition coefficient (Wildman–Crippen LogP) is 4.57. The third-order valence-electron chi connectivity index (χ3n) is 5.44. The number of hydrogen-bond acceptors (Lipinski definition) is 5. The molecule has 0 aromatic rings. The second-order valence-electron chi connectivity index (χ2n) is 8.37. The Balaban J connectivity index is 2.29. The van der Waals surface area contributed by atoms with E-state index in [1.54, 1.807) is 7.11 Å². The quantitative estimate of drug-likeness (QED) is 0.235. The normalized spacial score (nSPS) is 24.9. The first-order valence-corrected chi connectivity index (χ1v) is 11.3. The van der Waals surface area contributed by atoms with Crippen LogP contribution in [-0.4, -0.2) is 48.2 Å². The first-order chi connectivity index (χ1) is 14.0. The molecule has 0 aliphatic heterocycles. The van der Waals surface area contributed by atoms with Crippen molar-refractivity contribution in [2.45, 2.75) is 96.4 Å². The van der Waals surface area contributed by atoms with Gasteiger partial charge in [0.05, 0.1) is 18.3 Å². The lowest BCUT2D eigenvalue weighted by atomic mass is 9.89. The lowest BCUT2D eigenvalue weighted by molar-refractivity contribution is -0.147. The van der Waals surface area contributed by atoms with Crippen molar-refractivity contribution >= 4 is 5.97 Å². The smallest absolute Gasteiger partial charge is 0.306 e. The van der Waals surface area contributed by atoms with Gasteiger partial charge < -0.3 is 19.7 Å². The Labute approximate surface area is 177 Å². The maximum atomic E-state index is 11.5. The van der Waals surface area contributed by atoms with Crippen molar-refractivity contribution in [3.63, 3.8) is 0 Å². The zero-order chi connectivity index (χ0) is 21.5. The number of unbranched alkanes of at least 4 members (excludes halogenated alkanes) is 5. The maximum Gasteiger partial charge on any atom is 0.306 e. The van der Waals surface area contributed by atoms with Gasteiger partial charge in [-0.25, -0.2) is 0 Å². The molecule has 5 nitrogen and oxygen atoms in total. The topological polar surface area (TPSA) is 76.0 Å². The molecule has 1 aliphatic rings. The van der Waals surface area contributed by atoms with Crippen molar-refractivity contribution in [1.82, 2.24) is 0 Å². The van der Waals surface area contributed by atoms with Crippen LogP contribution in [0, 0.1) is 11.8 Å². The number of ether oxygens (including phenoxy) is 2. The molecule has 0 saturated heterocycles. The molecule has 0 radical (unpaired) electrons. The highest BCUT2D eigenvalue weighted by Gasteiger charge is 2.39. The summed E-state index contributed by atoms with van der Waals surface area (Å²) >= 11 is 0. The van der Waals surface area contributed by atoms with Gasteiger partial charge in [-0.1, -0.05) is 37.1 Å². The Hall–Kier alpha value is -1.17. The van der Waals surface area contributed by atoms with Gasteiger partial charge in [0.1, 0.15) is 0 Å². The van der Waals surface area contributed by atoms with Gasteiger partial charge in [-0.05, 0) is 58.3 Å². The summed E-state index contributed by atoms with van der Waals surface area (Å²) in [4.78, 5) is 11.5. The van der Waals surface area contributed by atoms with E-state index in [4.69, 9.17) is 9.47 Å². The van der Waals surface area contributed by atoms with Crippen molar-refractivity contribution in [1.29, 1.82) is 0 Å². The first kappa shape index (κ1) is 25.9. The number of rotatable bonds is 15. The second kappa shape index (κ2) is 15.6. The van der Waals surface area contributed by atoms with Crippen LogP contribution in [0.3, 0.4) is 0 Å². The van der Waals surface area contributed by atoms with Crippen LogP contribution in [0.4, 0.5) is 0 Å². The number of carbonyl (C=O) groups excluding carboxylic acids is 1. The molecule has 0 aromatic carbocycles. The van der Waals surface area contributed by atoms with Gasteiger partial charge in [0.2, 0.25) is 0 Å². The number of methoxy groups -OCH3 is 1. The van der Waals surface area contributed by atoms with Crippen LogP contribution >= 0.6 is 0 Å². The van der Waals surface area contributed by atoms with E-state index >= 15 is 0 Å². The summed E-state index contributed by atoms with van der Waals surface area (Å²) in [5.41, 5.74) is 0. The summed E-state index contributed by atoms with van der Waals surface area (Å²) in [5.74, 6) is -0.0686. The van der Waals surface area contributed by atoms with Crippen molar-refractivity contribution in [2.24, 2.45) is 11.8 Å². The molecule has 1 aliphatic carbocycles. The highest BCUT2D eigenvalue weighted by molar-refractivity contribution is 5.69. The molecule has 1 rings (SSSR count). The average Bonchev–Trinajstić information content (AvgIpc) is 2.92. The van der Waals surface area contributed by atoms with E-state index in [9.17, 15) is 15.0 Å². The minimum Gasteiger partial charge on any atom is -0.463 e. The number of esters is 1. The fourth-order valence-corrected chi connectivity index (χ4v) is 3.88. The molecule has 1 saturated carbocycles. The lowest BCUT2D eigenvalue weighted by Crippen LogP contribution is -2.19. The summed E-state index contributed by atoms with van der Waals surface area (Å²) in [5, 5.41) is 20.6. The first-order valence-electron chi connectivity index (χ1n) is 11.3. The lowest BCUT2D eigenvalue weighted by Gasteiger charge is -2.19. The van der Waals surface area contributed by atoms with Crippen molar-refractivity contribution in [3.05, 3.63) is 24.3 Å². The monoisotopic (exact) mass is 410 g/mol. The van der Waals surface area contributed by atoms with E-state index in [0.29, 0.717) is 12.8 Å². The molecule has 29 heavy (non-hydrogen) atoms. The van der Waals surface area contributed by atoms with Crippen LogP contribution in [0.2, 0.25) is 0 Å². The summed E-state index contributed by atoms with van der Waals surface area (Å²) in [6.07, 6.45) is 16.3. The molecule has 0 aromatic heterocycles. The summed E-state index contributed by atoms with van der Waals surface area (Å²) in [6.45, 7) is 4.54. The van der Waals surface area contributed by atoms with Gasteiger partial charge in [-0.15, -0.1) is 0 Å². The van der Waals surface area contributed by atoms with Gasteiger partial charge in [0.15, 0.2) is 0 Å². The Morgan fingerprint density at radius 3 is 2.45 bits per heavy atom. The molecule has 168 valence electrons. The molecule has 1 unspecified atom stereocenters. The van der Waals surface area contributed by atoms with E-state index in [1.807, 2.05) is 13.8 Å². The Morgan fingerprint density at radius 1 is 1.00 bits per heavy atom. The van der Waals surface area contributed by atoms with E-state index in [2.05, 4.69) is 24.3 Å². The average molecular weight is 411 g/mol. The molecule has 0 spiro atoms. The third kappa shape index (κ3) is 11.6.